The molecule has 122 valence electrons. The lowest BCUT2D eigenvalue weighted by Gasteiger charge is -2.05. The zero-order valence-electron chi connectivity index (χ0n) is 13.8. The molecule has 1 atom stereocenters. The van der Waals surface area contributed by atoms with Gasteiger partial charge in [0.15, 0.2) is 0 Å². The van der Waals surface area contributed by atoms with Crippen molar-refractivity contribution in [1.82, 2.24) is 0 Å². The SMILES string of the molecule is CC(=CCOc1ccc2ccc(=O)oc2c1)CC[C@@H]1OC1(C)C. The molecule has 0 amide bonds. The minimum atomic E-state index is -0.351. The molecule has 0 aliphatic carbocycles. The van der Waals surface area contributed by atoms with E-state index in [9.17, 15) is 4.79 Å². The van der Waals surface area contributed by atoms with Crippen molar-refractivity contribution in [3.63, 3.8) is 0 Å². The van der Waals surface area contributed by atoms with E-state index < -0.39 is 0 Å². The fourth-order valence-corrected chi connectivity index (χ4v) is 2.61. The number of hydrogen-bond acceptors (Lipinski definition) is 4. The quantitative estimate of drug-likeness (QED) is 0.458. The van der Waals surface area contributed by atoms with Crippen molar-refractivity contribution in [3.05, 3.63) is 52.4 Å². The minimum absolute atomic E-state index is 0.0613. The third-order valence-corrected chi connectivity index (χ3v) is 4.24. The topological polar surface area (TPSA) is 52.0 Å². The predicted molar refractivity (Wildman–Crippen MR) is 89.9 cm³/mol. The standard InChI is InChI=1S/C19H22O4/c1-13(4-8-17-19(2,3)23-17)10-11-21-15-7-5-14-6-9-18(20)22-16(14)12-15/h5-7,9-10,12,17H,4,8,11H2,1-3H3/t17-/m0/s1. The van der Waals surface area contributed by atoms with Crippen molar-refractivity contribution in [2.75, 3.05) is 6.61 Å². The Labute approximate surface area is 135 Å². The molecule has 1 aliphatic heterocycles. The number of ether oxygens (including phenoxy) is 2. The number of benzene rings is 1. The molecule has 0 bridgehead atoms. The fourth-order valence-electron chi connectivity index (χ4n) is 2.61. The number of allylic oxidation sites excluding steroid dienone is 1. The summed E-state index contributed by atoms with van der Waals surface area (Å²) in [5, 5.41) is 0.885. The molecule has 0 saturated carbocycles. The van der Waals surface area contributed by atoms with Gasteiger partial charge in [0.05, 0.1) is 11.7 Å². The van der Waals surface area contributed by atoms with Crippen molar-refractivity contribution >= 4 is 11.0 Å². The fraction of sp³-hybridized carbons (Fsp3) is 0.421. The molecular weight excluding hydrogens is 292 g/mol. The van der Waals surface area contributed by atoms with E-state index in [-0.39, 0.29) is 11.2 Å². The predicted octanol–water partition coefficient (Wildman–Crippen LogP) is 4.08. The summed E-state index contributed by atoms with van der Waals surface area (Å²) in [7, 11) is 0. The highest BCUT2D eigenvalue weighted by Gasteiger charge is 2.46. The third kappa shape index (κ3) is 4.02. The first-order valence-corrected chi connectivity index (χ1v) is 7.94. The second-order valence-electron chi connectivity index (χ2n) is 6.56. The zero-order valence-corrected chi connectivity index (χ0v) is 13.8. The van der Waals surface area contributed by atoms with E-state index in [1.807, 2.05) is 12.1 Å². The first kappa shape index (κ1) is 15.8. The highest BCUT2D eigenvalue weighted by atomic mass is 16.6. The van der Waals surface area contributed by atoms with Crippen LogP contribution in [0, 0.1) is 0 Å². The Bertz CT molecular complexity index is 785. The van der Waals surface area contributed by atoms with Crippen LogP contribution in [0.3, 0.4) is 0 Å². The molecule has 1 fully saturated rings. The van der Waals surface area contributed by atoms with E-state index in [2.05, 4.69) is 26.8 Å². The number of fused-ring (bicyclic) bond motifs is 1. The molecule has 1 aliphatic rings. The maximum Gasteiger partial charge on any atom is 0.336 e. The lowest BCUT2D eigenvalue weighted by molar-refractivity contribution is 0.320. The average molecular weight is 314 g/mol. The highest BCUT2D eigenvalue weighted by molar-refractivity contribution is 5.77. The van der Waals surface area contributed by atoms with Gasteiger partial charge in [0.1, 0.15) is 17.9 Å². The first-order chi connectivity index (χ1) is 10.9. The van der Waals surface area contributed by atoms with Gasteiger partial charge in [-0.25, -0.2) is 4.79 Å². The molecule has 1 aromatic heterocycles. The maximum atomic E-state index is 11.2. The van der Waals surface area contributed by atoms with Gasteiger partial charge in [-0.2, -0.15) is 0 Å². The van der Waals surface area contributed by atoms with Crippen LogP contribution >= 0.6 is 0 Å². The molecule has 1 aromatic carbocycles. The first-order valence-electron chi connectivity index (χ1n) is 7.94. The van der Waals surface area contributed by atoms with Gasteiger partial charge in [-0.15, -0.1) is 0 Å². The summed E-state index contributed by atoms with van der Waals surface area (Å²) in [5.74, 6) is 0.697. The van der Waals surface area contributed by atoms with Crippen LogP contribution < -0.4 is 10.4 Å². The van der Waals surface area contributed by atoms with Crippen molar-refractivity contribution < 1.29 is 13.9 Å². The second kappa shape index (κ2) is 6.20. The molecule has 23 heavy (non-hydrogen) atoms. The van der Waals surface area contributed by atoms with Gasteiger partial charge in [-0.1, -0.05) is 5.57 Å². The van der Waals surface area contributed by atoms with Crippen LogP contribution in [-0.2, 0) is 4.74 Å². The van der Waals surface area contributed by atoms with E-state index in [1.165, 1.54) is 11.6 Å². The highest BCUT2D eigenvalue weighted by Crippen LogP contribution is 2.38. The lowest BCUT2D eigenvalue weighted by Crippen LogP contribution is -2.03. The minimum Gasteiger partial charge on any atom is -0.489 e. The summed E-state index contributed by atoms with van der Waals surface area (Å²) in [5.41, 5.74) is 1.55. The Balaban J connectivity index is 1.53. The molecule has 0 N–H and O–H groups in total. The van der Waals surface area contributed by atoms with E-state index in [0.717, 1.165) is 18.2 Å². The van der Waals surface area contributed by atoms with Crippen LogP contribution in [-0.4, -0.2) is 18.3 Å². The van der Waals surface area contributed by atoms with E-state index in [1.54, 1.807) is 12.1 Å². The molecule has 2 aromatic rings. The van der Waals surface area contributed by atoms with Gasteiger partial charge in [-0.05, 0) is 57.9 Å². The Morgan fingerprint density at radius 3 is 2.78 bits per heavy atom. The van der Waals surface area contributed by atoms with Crippen LogP contribution in [0.25, 0.3) is 11.0 Å². The van der Waals surface area contributed by atoms with Crippen molar-refractivity contribution in [3.8, 4) is 5.75 Å². The van der Waals surface area contributed by atoms with Crippen LogP contribution in [0.4, 0.5) is 0 Å². The Morgan fingerprint density at radius 2 is 2.04 bits per heavy atom. The molecule has 4 heteroatoms. The van der Waals surface area contributed by atoms with Crippen LogP contribution in [0.5, 0.6) is 5.75 Å². The molecule has 0 radical (unpaired) electrons. The summed E-state index contributed by atoms with van der Waals surface area (Å²) in [6.45, 7) is 6.86. The summed E-state index contributed by atoms with van der Waals surface area (Å²) in [6, 6.07) is 8.68. The Morgan fingerprint density at radius 1 is 1.30 bits per heavy atom. The summed E-state index contributed by atoms with van der Waals surface area (Å²) < 4.78 is 16.5. The third-order valence-electron chi connectivity index (χ3n) is 4.24. The van der Waals surface area contributed by atoms with E-state index in [0.29, 0.717) is 24.0 Å². The number of rotatable bonds is 6. The summed E-state index contributed by atoms with van der Waals surface area (Å²) >= 11 is 0. The molecule has 1 saturated heterocycles. The number of hydrogen-bond donors (Lipinski definition) is 0. The average Bonchev–Trinajstić information content (AvgIpc) is 3.12. The molecular formula is C19H22O4. The van der Waals surface area contributed by atoms with Gasteiger partial charge in [0.25, 0.3) is 0 Å². The summed E-state index contributed by atoms with van der Waals surface area (Å²) in [4.78, 5) is 11.2. The monoisotopic (exact) mass is 314 g/mol. The normalized spacial score (nSPS) is 19.8. The molecule has 3 rings (SSSR count). The second-order valence-corrected chi connectivity index (χ2v) is 6.56. The van der Waals surface area contributed by atoms with Gasteiger partial charge in [0.2, 0.25) is 0 Å². The number of epoxide rings is 1. The lowest BCUT2D eigenvalue weighted by atomic mass is 10.0. The van der Waals surface area contributed by atoms with Crippen molar-refractivity contribution in [1.29, 1.82) is 0 Å². The van der Waals surface area contributed by atoms with Crippen molar-refractivity contribution in [2.24, 2.45) is 0 Å². The van der Waals surface area contributed by atoms with Gasteiger partial charge >= 0.3 is 5.63 Å². The van der Waals surface area contributed by atoms with E-state index >= 15 is 0 Å². The maximum absolute atomic E-state index is 11.2. The smallest absolute Gasteiger partial charge is 0.336 e. The zero-order chi connectivity index (χ0) is 16.4. The van der Waals surface area contributed by atoms with Crippen LogP contribution in [0.1, 0.15) is 33.6 Å². The van der Waals surface area contributed by atoms with E-state index in [4.69, 9.17) is 13.9 Å². The Kier molecular flexibility index (Phi) is 4.26. The Hall–Kier alpha value is -2.07. The van der Waals surface area contributed by atoms with Gasteiger partial charge in [0, 0.05) is 17.5 Å². The molecule has 0 spiro atoms. The molecule has 0 unspecified atom stereocenters. The molecule has 2 heterocycles. The van der Waals surface area contributed by atoms with Crippen LogP contribution in [0.2, 0.25) is 0 Å². The largest absolute Gasteiger partial charge is 0.489 e. The van der Waals surface area contributed by atoms with Gasteiger partial charge in [-0.3, -0.25) is 0 Å². The van der Waals surface area contributed by atoms with Gasteiger partial charge < -0.3 is 13.9 Å². The molecule has 4 nitrogen and oxygen atoms in total. The van der Waals surface area contributed by atoms with Crippen molar-refractivity contribution in [2.45, 2.75) is 45.3 Å². The van der Waals surface area contributed by atoms with Crippen LogP contribution in [0.15, 0.2) is 51.2 Å². The summed E-state index contributed by atoms with van der Waals surface area (Å²) in [6.07, 6.45) is 4.54.